The van der Waals surface area contributed by atoms with Gasteiger partial charge in [-0.1, -0.05) is 11.6 Å². The molecule has 0 spiro atoms. The van der Waals surface area contributed by atoms with Crippen LogP contribution in [0.15, 0.2) is 21.3 Å². The van der Waals surface area contributed by atoms with Crippen molar-refractivity contribution in [3.05, 3.63) is 38.7 Å². The van der Waals surface area contributed by atoms with Gasteiger partial charge in [0.15, 0.2) is 0 Å². The fourth-order valence-corrected chi connectivity index (χ4v) is 3.37. The average molecular weight is 366 g/mol. The van der Waals surface area contributed by atoms with E-state index in [1.807, 2.05) is 0 Å². The van der Waals surface area contributed by atoms with E-state index >= 15 is 0 Å². The molecule has 2 heterocycles. The number of aliphatic hydroxyl groups excluding tert-OH is 1. The number of benzene rings is 1. The van der Waals surface area contributed by atoms with Gasteiger partial charge in [0.05, 0.1) is 30.2 Å². The summed E-state index contributed by atoms with van der Waals surface area (Å²) in [6.07, 6.45) is 0.747. The number of piperidine rings is 1. The second-order valence-electron chi connectivity index (χ2n) is 6.26. The number of rotatable bonds is 3. The predicted molar refractivity (Wildman–Crippen MR) is 94.3 cm³/mol. The summed E-state index contributed by atoms with van der Waals surface area (Å²) in [7, 11) is 1.49. The highest BCUT2D eigenvalue weighted by Crippen LogP contribution is 2.31. The molecule has 134 valence electrons. The second kappa shape index (κ2) is 7.06. The van der Waals surface area contributed by atoms with Gasteiger partial charge in [-0.2, -0.15) is 0 Å². The van der Waals surface area contributed by atoms with E-state index in [-0.39, 0.29) is 18.4 Å². The number of aryl methyl sites for hydroxylation is 1. The fourth-order valence-electron chi connectivity index (χ4n) is 3.13. The zero-order chi connectivity index (χ0) is 18.1. The van der Waals surface area contributed by atoms with Crippen molar-refractivity contribution in [2.24, 2.45) is 0 Å². The van der Waals surface area contributed by atoms with E-state index in [1.165, 1.54) is 7.11 Å². The van der Waals surface area contributed by atoms with Crippen molar-refractivity contribution in [2.75, 3.05) is 20.2 Å². The molecule has 1 N–H and O–H groups in total. The minimum Gasteiger partial charge on any atom is -0.495 e. The van der Waals surface area contributed by atoms with E-state index in [0.717, 1.165) is 0 Å². The van der Waals surface area contributed by atoms with Crippen molar-refractivity contribution >= 4 is 28.5 Å². The summed E-state index contributed by atoms with van der Waals surface area (Å²) >= 11 is 6.16. The standard InChI is InChI=1S/C18H20ClNO5/c1-10-12-7-14(19)16(24-2)9-15(12)25-18(23)13(10)8-17(22)20-5-3-11(21)4-6-20/h7,9,11,21H,3-6,8H2,1-2H3. The van der Waals surface area contributed by atoms with Gasteiger partial charge in [-0.05, 0) is 31.4 Å². The molecule has 0 bridgehead atoms. The van der Waals surface area contributed by atoms with Gasteiger partial charge in [-0.25, -0.2) is 4.79 Å². The summed E-state index contributed by atoms with van der Waals surface area (Å²) < 4.78 is 10.5. The first-order chi connectivity index (χ1) is 11.9. The quantitative estimate of drug-likeness (QED) is 0.844. The van der Waals surface area contributed by atoms with E-state index in [2.05, 4.69) is 0 Å². The topological polar surface area (TPSA) is 80.0 Å². The lowest BCUT2D eigenvalue weighted by Gasteiger charge is -2.29. The Morgan fingerprint density at radius 1 is 1.40 bits per heavy atom. The molecule has 0 atom stereocenters. The lowest BCUT2D eigenvalue weighted by molar-refractivity contribution is -0.132. The van der Waals surface area contributed by atoms with Gasteiger partial charge in [-0.3, -0.25) is 4.79 Å². The number of aliphatic hydroxyl groups is 1. The lowest BCUT2D eigenvalue weighted by Crippen LogP contribution is -2.41. The van der Waals surface area contributed by atoms with Crippen LogP contribution in [-0.4, -0.2) is 42.2 Å². The van der Waals surface area contributed by atoms with E-state index < -0.39 is 5.63 Å². The largest absolute Gasteiger partial charge is 0.495 e. The van der Waals surface area contributed by atoms with Crippen LogP contribution in [-0.2, 0) is 11.2 Å². The van der Waals surface area contributed by atoms with Gasteiger partial charge in [0.25, 0.3) is 0 Å². The van der Waals surface area contributed by atoms with Crippen molar-refractivity contribution in [3.63, 3.8) is 0 Å². The van der Waals surface area contributed by atoms with Crippen LogP contribution in [0, 0.1) is 6.92 Å². The molecule has 7 heteroatoms. The van der Waals surface area contributed by atoms with E-state index in [0.29, 0.717) is 58.8 Å². The molecule has 1 aromatic heterocycles. The van der Waals surface area contributed by atoms with Crippen molar-refractivity contribution < 1.29 is 19.1 Å². The Morgan fingerprint density at radius 3 is 2.72 bits per heavy atom. The zero-order valence-electron chi connectivity index (χ0n) is 14.2. The number of nitrogens with zero attached hydrogens (tertiary/aromatic N) is 1. The summed E-state index contributed by atoms with van der Waals surface area (Å²) in [4.78, 5) is 26.5. The number of hydrogen-bond acceptors (Lipinski definition) is 5. The van der Waals surface area contributed by atoms with E-state index in [1.54, 1.807) is 24.0 Å². The molecule has 1 aromatic carbocycles. The molecule has 1 aliphatic heterocycles. The van der Waals surface area contributed by atoms with Crippen LogP contribution in [0.4, 0.5) is 0 Å². The van der Waals surface area contributed by atoms with E-state index in [4.69, 9.17) is 20.8 Å². The predicted octanol–water partition coefficient (Wildman–Crippen LogP) is 2.29. The molecule has 1 amide bonds. The highest BCUT2D eigenvalue weighted by molar-refractivity contribution is 6.32. The molecule has 0 saturated carbocycles. The Kier molecular flexibility index (Phi) is 5.01. The Balaban J connectivity index is 1.94. The zero-order valence-corrected chi connectivity index (χ0v) is 14.9. The fraction of sp³-hybridized carbons (Fsp3) is 0.444. The molecule has 0 unspecified atom stereocenters. The minimum absolute atomic E-state index is 0.0240. The molecular formula is C18H20ClNO5. The number of amides is 1. The Bertz CT molecular complexity index is 868. The van der Waals surface area contributed by atoms with Gasteiger partial charge in [0.2, 0.25) is 5.91 Å². The molecular weight excluding hydrogens is 346 g/mol. The number of ether oxygens (including phenoxy) is 1. The third-order valence-corrected chi connectivity index (χ3v) is 5.00. The van der Waals surface area contributed by atoms with Crippen molar-refractivity contribution in [3.8, 4) is 5.75 Å². The third-order valence-electron chi connectivity index (χ3n) is 4.70. The Labute approximate surface area is 149 Å². The number of likely N-dealkylation sites (tertiary alicyclic amines) is 1. The molecule has 1 aliphatic rings. The first-order valence-electron chi connectivity index (χ1n) is 8.16. The van der Waals surface area contributed by atoms with Crippen LogP contribution >= 0.6 is 11.6 Å². The Hall–Kier alpha value is -2.05. The number of hydrogen-bond donors (Lipinski definition) is 1. The SMILES string of the molecule is COc1cc2oc(=O)c(CC(=O)N3CCC(O)CC3)c(C)c2cc1Cl. The first kappa shape index (κ1) is 17.8. The highest BCUT2D eigenvalue weighted by Gasteiger charge is 2.24. The molecule has 25 heavy (non-hydrogen) atoms. The van der Waals surface area contributed by atoms with Crippen molar-refractivity contribution in [2.45, 2.75) is 32.3 Å². The van der Waals surface area contributed by atoms with Crippen LogP contribution in [0.1, 0.15) is 24.0 Å². The number of fused-ring (bicyclic) bond motifs is 1. The maximum atomic E-state index is 12.5. The second-order valence-corrected chi connectivity index (χ2v) is 6.67. The normalized spacial score (nSPS) is 15.6. The summed E-state index contributed by atoms with van der Waals surface area (Å²) in [5.74, 6) is 0.286. The maximum absolute atomic E-state index is 12.5. The molecule has 0 aliphatic carbocycles. The van der Waals surface area contributed by atoms with Gasteiger partial charge in [0, 0.05) is 24.5 Å². The molecule has 1 saturated heterocycles. The molecule has 1 fully saturated rings. The van der Waals surface area contributed by atoms with Gasteiger partial charge < -0.3 is 19.2 Å². The summed E-state index contributed by atoms with van der Waals surface area (Å²) in [6.45, 7) is 2.78. The molecule has 3 rings (SSSR count). The van der Waals surface area contributed by atoms with Gasteiger partial charge >= 0.3 is 5.63 Å². The number of methoxy groups -OCH3 is 1. The minimum atomic E-state index is -0.528. The monoisotopic (exact) mass is 365 g/mol. The molecule has 2 aromatic rings. The van der Waals surface area contributed by atoms with Crippen LogP contribution in [0.2, 0.25) is 5.02 Å². The summed E-state index contributed by atoms with van der Waals surface area (Å²) in [6, 6.07) is 3.25. The average Bonchev–Trinajstić information content (AvgIpc) is 2.59. The summed E-state index contributed by atoms with van der Waals surface area (Å²) in [5.41, 5.74) is 0.867. The van der Waals surface area contributed by atoms with Crippen LogP contribution in [0.5, 0.6) is 5.75 Å². The van der Waals surface area contributed by atoms with Gasteiger partial charge in [-0.15, -0.1) is 0 Å². The van der Waals surface area contributed by atoms with Crippen molar-refractivity contribution in [1.82, 2.24) is 4.90 Å². The van der Waals surface area contributed by atoms with Crippen LogP contribution in [0.25, 0.3) is 11.0 Å². The molecule has 6 nitrogen and oxygen atoms in total. The first-order valence-corrected chi connectivity index (χ1v) is 8.54. The van der Waals surface area contributed by atoms with Crippen LogP contribution in [0.3, 0.4) is 0 Å². The lowest BCUT2D eigenvalue weighted by atomic mass is 10.0. The Morgan fingerprint density at radius 2 is 2.08 bits per heavy atom. The maximum Gasteiger partial charge on any atom is 0.340 e. The van der Waals surface area contributed by atoms with Crippen LogP contribution < -0.4 is 10.4 Å². The smallest absolute Gasteiger partial charge is 0.340 e. The number of carbonyl (C=O) groups is 1. The third kappa shape index (κ3) is 3.50. The number of carbonyl (C=O) groups excluding carboxylic acids is 1. The molecule has 0 radical (unpaired) electrons. The highest BCUT2D eigenvalue weighted by atomic mass is 35.5. The van der Waals surface area contributed by atoms with Crippen molar-refractivity contribution in [1.29, 1.82) is 0 Å². The number of halogens is 1. The van der Waals surface area contributed by atoms with Gasteiger partial charge in [0.1, 0.15) is 11.3 Å². The van der Waals surface area contributed by atoms with E-state index in [9.17, 15) is 14.7 Å². The summed E-state index contributed by atoms with van der Waals surface area (Å²) in [5, 5.41) is 10.6.